The molecule has 20 heavy (non-hydrogen) atoms. The molecule has 1 aromatic heterocycles. The fraction of sp³-hybridized carbons (Fsp3) is 0.545. The number of ether oxygens (including phenoxy) is 1. The minimum Gasteiger partial charge on any atom is -0.480 e. The van der Waals surface area contributed by atoms with Crippen LogP contribution in [0.4, 0.5) is 10.5 Å². The first-order valence-corrected chi connectivity index (χ1v) is 5.93. The summed E-state index contributed by atoms with van der Waals surface area (Å²) in [5, 5.41) is 26.6. The Labute approximate surface area is 115 Å². The van der Waals surface area contributed by atoms with Gasteiger partial charge in [-0.3, -0.25) is 4.68 Å². The van der Waals surface area contributed by atoms with Crippen molar-refractivity contribution < 1.29 is 24.5 Å². The Balaban J connectivity index is 2.53. The molecule has 9 heteroatoms. The van der Waals surface area contributed by atoms with Gasteiger partial charge >= 0.3 is 12.0 Å². The number of carbonyl (C=O) groups is 2. The Hall–Kier alpha value is -2.13. The van der Waals surface area contributed by atoms with Crippen LogP contribution in [0.2, 0.25) is 0 Å². The first-order chi connectivity index (χ1) is 9.43. The smallest absolute Gasteiger partial charge is 0.328 e. The molecule has 0 aromatic carbocycles. The summed E-state index contributed by atoms with van der Waals surface area (Å²) in [7, 11) is 1.57. The zero-order chi connectivity index (χ0) is 15.1. The number of hydrogen-bond donors (Lipinski definition) is 4. The number of anilines is 1. The molecule has 0 radical (unpaired) electrons. The molecule has 0 saturated carbocycles. The van der Waals surface area contributed by atoms with Crippen LogP contribution in [-0.4, -0.2) is 57.9 Å². The van der Waals surface area contributed by atoms with Gasteiger partial charge in [0.15, 0.2) is 6.04 Å². The van der Waals surface area contributed by atoms with Crippen molar-refractivity contribution in [3.8, 4) is 0 Å². The molecule has 0 unspecified atom stereocenters. The normalized spacial score (nSPS) is 13.6. The van der Waals surface area contributed by atoms with E-state index in [1.165, 1.54) is 13.1 Å². The highest BCUT2D eigenvalue weighted by Crippen LogP contribution is 2.05. The SMILES string of the molecule is COCCn1cc(NC(=O)N[C@H](C(=O)O)[C@@H](C)O)cn1. The van der Waals surface area contributed by atoms with Gasteiger partial charge in [-0.1, -0.05) is 0 Å². The third-order valence-electron chi connectivity index (χ3n) is 2.45. The minimum absolute atomic E-state index is 0.410. The van der Waals surface area contributed by atoms with Gasteiger partial charge in [0.05, 0.1) is 31.1 Å². The van der Waals surface area contributed by atoms with Crippen molar-refractivity contribution in [2.75, 3.05) is 19.0 Å². The second-order valence-electron chi connectivity index (χ2n) is 4.14. The van der Waals surface area contributed by atoms with Crippen LogP contribution in [0.25, 0.3) is 0 Å². The lowest BCUT2D eigenvalue weighted by Gasteiger charge is -2.16. The Morgan fingerprint density at radius 1 is 1.55 bits per heavy atom. The number of urea groups is 1. The van der Waals surface area contributed by atoms with E-state index in [-0.39, 0.29) is 0 Å². The van der Waals surface area contributed by atoms with E-state index in [1.54, 1.807) is 18.0 Å². The number of rotatable bonds is 7. The van der Waals surface area contributed by atoms with Crippen LogP contribution in [0.3, 0.4) is 0 Å². The van der Waals surface area contributed by atoms with Gasteiger partial charge < -0.3 is 25.6 Å². The molecule has 0 aliphatic heterocycles. The molecule has 0 bridgehead atoms. The number of methoxy groups -OCH3 is 1. The van der Waals surface area contributed by atoms with Crippen molar-refractivity contribution in [1.29, 1.82) is 0 Å². The number of carboxylic acids is 1. The van der Waals surface area contributed by atoms with Crippen molar-refractivity contribution in [3.63, 3.8) is 0 Å². The van der Waals surface area contributed by atoms with E-state index in [1.807, 2.05) is 0 Å². The first kappa shape index (κ1) is 15.9. The molecule has 2 atom stereocenters. The highest BCUT2D eigenvalue weighted by atomic mass is 16.5. The molecule has 9 nitrogen and oxygen atoms in total. The average molecular weight is 286 g/mol. The number of nitrogens with zero attached hydrogens (tertiary/aromatic N) is 2. The summed E-state index contributed by atoms with van der Waals surface area (Å²) >= 11 is 0. The molecule has 0 fully saturated rings. The molecular weight excluding hydrogens is 268 g/mol. The van der Waals surface area contributed by atoms with Crippen LogP contribution < -0.4 is 10.6 Å². The molecule has 2 amide bonds. The van der Waals surface area contributed by atoms with Gasteiger partial charge in [0.2, 0.25) is 0 Å². The van der Waals surface area contributed by atoms with Crippen LogP contribution in [0, 0.1) is 0 Å². The Kier molecular flexibility index (Phi) is 5.94. The molecule has 0 spiro atoms. The number of aromatic nitrogens is 2. The Morgan fingerprint density at radius 2 is 2.25 bits per heavy atom. The number of aliphatic carboxylic acids is 1. The summed E-state index contributed by atoms with van der Waals surface area (Å²) in [5.41, 5.74) is 0.410. The highest BCUT2D eigenvalue weighted by molar-refractivity contribution is 5.92. The number of nitrogens with one attached hydrogen (secondary N) is 2. The van der Waals surface area contributed by atoms with Crippen molar-refractivity contribution >= 4 is 17.7 Å². The van der Waals surface area contributed by atoms with Gasteiger partial charge in [-0.25, -0.2) is 9.59 Å². The monoisotopic (exact) mass is 286 g/mol. The van der Waals surface area contributed by atoms with Crippen molar-refractivity contribution in [2.45, 2.75) is 25.6 Å². The van der Waals surface area contributed by atoms with E-state index in [2.05, 4.69) is 15.7 Å². The summed E-state index contributed by atoms with van der Waals surface area (Å²) in [4.78, 5) is 22.4. The minimum atomic E-state index is -1.38. The lowest BCUT2D eigenvalue weighted by atomic mass is 10.2. The fourth-order valence-electron chi connectivity index (χ4n) is 1.43. The summed E-state index contributed by atoms with van der Waals surface area (Å²) in [5.74, 6) is -1.31. The fourth-order valence-corrected chi connectivity index (χ4v) is 1.43. The zero-order valence-electron chi connectivity index (χ0n) is 11.2. The molecule has 1 aromatic rings. The highest BCUT2D eigenvalue weighted by Gasteiger charge is 2.24. The van der Waals surface area contributed by atoms with Crippen molar-refractivity contribution in [1.82, 2.24) is 15.1 Å². The number of aliphatic hydroxyl groups is 1. The molecular formula is C11H18N4O5. The summed E-state index contributed by atoms with van der Waals surface area (Å²) in [6.07, 6.45) is 1.80. The number of aliphatic hydroxyl groups excluding tert-OH is 1. The van der Waals surface area contributed by atoms with E-state index in [9.17, 15) is 14.7 Å². The largest absolute Gasteiger partial charge is 0.480 e. The second-order valence-corrected chi connectivity index (χ2v) is 4.14. The average Bonchev–Trinajstić information content (AvgIpc) is 2.80. The van der Waals surface area contributed by atoms with Gasteiger partial charge in [-0.2, -0.15) is 5.10 Å². The summed E-state index contributed by atoms with van der Waals surface area (Å²) in [6.45, 7) is 2.30. The molecule has 4 N–H and O–H groups in total. The molecule has 112 valence electrons. The molecule has 1 heterocycles. The van der Waals surface area contributed by atoms with Gasteiger partial charge in [0.1, 0.15) is 0 Å². The Morgan fingerprint density at radius 3 is 2.80 bits per heavy atom. The van der Waals surface area contributed by atoms with E-state index in [0.717, 1.165) is 0 Å². The first-order valence-electron chi connectivity index (χ1n) is 5.93. The van der Waals surface area contributed by atoms with E-state index in [0.29, 0.717) is 18.8 Å². The molecule has 1 rings (SSSR count). The standard InChI is InChI=1S/C11H18N4O5/c1-7(16)9(10(17)18)14-11(19)13-8-5-12-15(6-8)3-4-20-2/h5-7,9,16H,3-4H2,1-2H3,(H,17,18)(H2,13,14,19)/t7-,9+/m1/s1. The topological polar surface area (TPSA) is 126 Å². The maximum Gasteiger partial charge on any atom is 0.328 e. The number of carbonyl (C=O) groups excluding carboxylic acids is 1. The van der Waals surface area contributed by atoms with E-state index >= 15 is 0 Å². The lowest BCUT2D eigenvalue weighted by molar-refractivity contribution is -0.141. The van der Waals surface area contributed by atoms with Gasteiger partial charge in [0.25, 0.3) is 0 Å². The number of carboxylic acid groups (broad SMARTS) is 1. The summed E-state index contributed by atoms with van der Waals surface area (Å²) < 4.78 is 6.46. The predicted octanol–water partition coefficient (Wildman–Crippen LogP) is -0.515. The number of amides is 2. The van der Waals surface area contributed by atoms with E-state index < -0.39 is 24.1 Å². The maximum atomic E-state index is 11.6. The third kappa shape index (κ3) is 4.86. The quantitative estimate of drug-likeness (QED) is 0.534. The lowest BCUT2D eigenvalue weighted by Crippen LogP contribution is -2.49. The van der Waals surface area contributed by atoms with Crippen molar-refractivity contribution in [3.05, 3.63) is 12.4 Å². The van der Waals surface area contributed by atoms with Crippen LogP contribution >= 0.6 is 0 Å². The van der Waals surface area contributed by atoms with Crippen LogP contribution in [0.15, 0.2) is 12.4 Å². The van der Waals surface area contributed by atoms with E-state index in [4.69, 9.17) is 9.84 Å². The second kappa shape index (κ2) is 7.46. The van der Waals surface area contributed by atoms with Crippen LogP contribution in [0.5, 0.6) is 0 Å². The predicted molar refractivity (Wildman–Crippen MR) is 69.4 cm³/mol. The maximum absolute atomic E-state index is 11.6. The van der Waals surface area contributed by atoms with Crippen molar-refractivity contribution in [2.24, 2.45) is 0 Å². The summed E-state index contributed by atoms with van der Waals surface area (Å²) in [6, 6.07) is -2.11. The molecule has 0 aliphatic rings. The van der Waals surface area contributed by atoms with Crippen LogP contribution in [-0.2, 0) is 16.1 Å². The zero-order valence-corrected chi connectivity index (χ0v) is 11.2. The third-order valence-corrected chi connectivity index (χ3v) is 2.45. The van der Waals surface area contributed by atoms with Gasteiger partial charge in [-0.05, 0) is 6.92 Å². The number of hydrogen-bond acceptors (Lipinski definition) is 5. The van der Waals surface area contributed by atoms with Gasteiger partial charge in [-0.15, -0.1) is 0 Å². The molecule has 0 saturated heterocycles. The molecule has 0 aliphatic carbocycles. The van der Waals surface area contributed by atoms with Crippen LogP contribution in [0.1, 0.15) is 6.92 Å². The Bertz CT molecular complexity index is 459. The van der Waals surface area contributed by atoms with Gasteiger partial charge in [0, 0.05) is 13.3 Å².